The molecule has 152 valence electrons. The molecular formula is C23H26FN3O2. The number of para-hydroxylation sites is 1. The number of hydrogen-bond acceptors (Lipinski definition) is 4. The van der Waals surface area contributed by atoms with Crippen LogP contribution in [0.15, 0.2) is 54.7 Å². The standard InChI is InChI=1S/C23H26FN3O2/c1-3-19-16-26(11-12-29-19)14-17-15-27(18-7-5-4-6-8-18)25-23(17)21-10-9-20(28-2)13-22(21)24/h4-10,13,15,19H,3,11-12,14,16H2,1-2H3/t19-/m1/s1. The van der Waals surface area contributed by atoms with Crippen LogP contribution in [0, 0.1) is 5.82 Å². The average Bonchev–Trinajstić information content (AvgIpc) is 3.17. The summed E-state index contributed by atoms with van der Waals surface area (Å²) in [6, 6.07) is 14.8. The molecule has 1 atom stereocenters. The maximum atomic E-state index is 14.8. The molecule has 2 heterocycles. The molecule has 4 rings (SSSR count). The lowest BCUT2D eigenvalue weighted by atomic mass is 10.1. The molecule has 0 saturated carbocycles. The van der Waals surface area contributed by atoms with E-state index in [-0.39, 0.29) is 11.9 Å². The molecule has 2 aromatic carbocycles. The largest absolute Gasteiger partial charge is 0.497 e. The van der Waals surface area contributed by atoms with Crippen molar-refractivity contribution < 1.29 is 13.9 Å². The third kappa shape index (κ3) is 4.33. The van der Waals surface area contributed by atoms with Crippen molar-refractivity contribution in [1.29, 1.82) is 0 Å². The number of nitrogens with zero attached hydrogens (tertiary/aromatic N) is 3. The zero-order valence-corrected chi connectivity index (χ0v) is 16.8. The van der Waals surface area contributed by atoms with E-state index in [4.69, 9.17) is 14.6 Å². The van der Waals surface area contributed by atoms with Crippen LogP contribution in [0.5, 0.6) is 5.75 Å². The van der Waals surface area contributed by atoms with Crippen LogP contribution in [0.2, 0.25) is 0 Å². The molecule has 0 aliphatic carbocycles. The van der Waals surface area contributed by atoms with Crippen molar-refractivity contribution >= 4 is 0 Å². The first-order chi connectivity index (χ1) is 14.2. The fourth-order valence-electron chi connectivity index (χ4n) is 3.69. The lowest BCUT2D eigenvalue weighted by molar-refractivity contribution is -0.0324. The molecule has 1 fully saturated rings. The van der Waals surface area contributed by atoms with Gasteiger partial charge in [0.15, 0.2) is 0 Å². The predicted molar refractivity (Wildman–Crippen MR) is 111 cm³/mol. The third-order valence-corrected chi connectivity index (χ3v) is 5.31. The van der Waals surface area contributed by atoms with Crippen molar-refractivity contribution in [2.75, 3.05) is 26.8 Å². The van der Waals surface area contributed by atoms with Crippen molar-refractivity contribution in [2.24, 2.45) is 0 Å². The molecule has 0 bridgehead atoms. The summed E-state index contributed by atoms with van der Waals surface area (Å²) in [6.45, 7) is 5.29. The summed E-state index contributed by atoms with van der Waals surface area (Å²) in [4.78, 5) is 2.36. The molecule has 3 aromatic rings. The summed E-state index contributed by atoms with van der Waals surface area (Å²) in [5, 5.41) is 4.75. The summed E-state index contributed by atoms with van der Waals surface area (Å²) in [7, 11) is 1.53. The zero-order valence-electron chi connectivity index (χ0n) is 16.8. The summed E-state index contributed by atoms with van der Waals surface area (Å²) in [5.41, 5.74) is 3.08. The van der Waals surface area contributed by atoms with Crippen LogP contribution in [-0.4, -0.2) is 47.6 Å². The Morgan fingerprint density at radius 3 is 2.76 bits per heavy atom. The molecule has 1 aliphatic rings. The molecule has 0 radical (unpaired) electrons. The van der Waals surface area contributed by atoms with Crippen LogP contribution in [0.3, 0.4) is 0 Å². The minimum absolute atomic E-state index is 0.245. The van der Waals surface area contributed by atoms with Gasteiger partial charge in [0.05, 0.1) is 25.5 Å². The molecule has 1 saturated heterocycles. The molecule has 1 aromatic heterocycles. The number of halogens is 1. The van der Waals surface area contributed by atoms with Crippen LogP contribution in [-0.2, 0) is 11.3 Å². The number of benzene rings is 2. The highest BCUT2D eigenvalue weighted by atomic mass is 19.1. The second kappa shape index (κ2) is 8.76. The second-order valence-electron chi connectivity index (χ2n) is 7.27. The van der Waals surface area contributed by atoms with Gasteiger partial charge in [-0.3, -0.25) is 4.90 Å². The van der Waals surface area contributed by atoms with Gasteiger partial charge in [-0.15, -0.1) is 0 Å². The van der Waals surface area contributed by atoms with Crippen molar-refractivity contribution in [3.8, 4) is 22.7 Å². The SMILES string of the molecule is CC[C@@H]1CN(Cc2cn(-c3ccccc3)nc2-c2ccc(OC)cc2F)CCO1. The van der Waals surface area contributed by atoms with Crippen molar-refractivity contribution in [3.63, 3.8) is 0 Å². The van der Waals surface area contributed by atoms with E-state index in [1.54, 1.807) is 12.1 Å². The highest BCUT2D eigenvalue weighted by Gasteiger charge is 2.23. The Morgan fingerprint density at radius 2 is 2.03 bits per heavy atom. The van der Waals surface area contributed by atoms with Crippen LogP contribution in [0.4, 0.5) is 4.39 Å². The van der Waals surface area contributed by atoms with Crippen LogP contribution in [0.25, 0.3) is 16.9 Å². The Hall–Kier alpha value is -2.70. The minimum Gasteiger partial charge on any atom is -0.497 e. The highest BCUT2D eigenvalue weighted by molar-refractivity contribution is 5.65. The number of aromatic nitrogens is 2. The summed E-state index contributed by atoms with van der Waals surface area (Å²) >= 11 is 0. The molecular weight excluding hydrogens is 369 g/mol. The van der Waals surface area contributed by atoms with Gasteiger partial charge in [-0.25, -0.2) is 9.07 Å². The normalized spacial score (nSPS) is 17.4. The first kappa shape index (κ1) is 19.6. The third-order valence-electron chi connectivity index (χ3n) is 5.31. The quantitative estimate of drug-likeness (QED) is 0.624. The minimum atomic E-state index is -0.336. The van der Waals surface area contributed by atoms with E-state index in [1.165, 1.54) is 13.2 Å². The van der Waals surface area contributed by atoms with Gasteiger partial charge in [-0.2, -0.15) is 5.10 Å². The van der Waals surface area contributed by atoms with Gasteiger partial charge < -0.3 is 9.47 Å². The molecule has 1 aliphatic heterocycles. The van der Waals surface area contributed by atoms with Gasteiger partial charge in [0, 0.05) is 43.0 Å². The fraction of sp³-hybridized carbons (Fsp3) is 0.348. The van der Waals surface area contributed by atoms with E-state index in [9.17, 15) is 4.39 Å². The first-order valence-corrected chi connectivity index (χ1v) is 9.99. The maximum Gasteiger partial charge on any atom is 0.136 e. The van der Waals surface area contributed by atoms with Crippen molar-refractivity contribution in [2.45, 2.75) is 26.0 Å². The highest BCUT2D eigenvalue weighted by Crippen LogP contribution is 2.30. The second-order valence-corrected chi connectivity index (χ2v) is 7.27. The molecule has 6 heteroatoms. The van der Waals surface area contributed by atoms with E-state index in [0.29, 0.717) is 23.6 Å². The van der Waals surface area contributed by atoms with E-state index < -0.39 is 0 Å². The van der Waals surface area contributed by atoms with Crippen LogP contribution < -0.4 is 4.74 Å². The number of methoxy groups -OCH3 is 1. The Labute approximate surface area is 170 Å². The summed E-state index contributed by atoms with van der Waals surface area (Å²) in [5.74, 6) is 0.159. The van der Waals surface area contributed by atoms with Gasteiger partial charge in [0.25, 0.3) is 0 Å². The maximum absolute atomic E-state index is 14.8. The van der Waals surface area contributed by atoms with E-state index in [0.717, 1.165) is 37.4 Å². The van der Waals surface area contributed by atoms with Gasteiger partial charge in [-0.1, -0.05) is 25.1 Å². The molecule has 0 N–H and O–H groups in total. The van der Waals surface area contributed by atoms with E-state index in [1.807, 2.05) is 41.2 Å². The van der Waals surface area contributed by atoms with Gasteiger partial charge in [-0.05, 0) is 30.7 Å². The number of hydrogen-bond donors (Lipinski definition) is 0. The first-order valence-electron chi connectivity index (χ1n) is 9.99. The molecule has 0 spiro atoms. The predicted octanol–water partition coefficient (Wildman–Crippen LogP) is 4.30. The summed E-state index contributed by atoms with van der Waals surface area (Å²) < 4.78 is 27.6. The zero-order chi connectivity index (χ0) is 20.2. The lowest BCUT2D eigenvalue weighted by Gasteiger charge is -2.32. The lowest BCUT2D eigenvalue weighted by Crippen LogP contribution is -2.41. The van der Waals surface area contributed by atoms with Gasteiger partial charge in [0.1, 0.15) is 17.3 Å². The smallest absolute Gasteiger partial charge is 0.136 e. The van der Waals surface area contributed by atoms with Crippen molar-refractivity contribution in [1.82, 2.24) is 14.7 Å². The Bertz CT molecular complexity index is 958. The Morgan fingerprint density at radius 1 is 1.21 bits per heavy atom. The average molecular weight is 395 g/mol. The molecule has 29 heavy (non-hydrogen) atoms. The molecule has 5 nitrogen and oxygen atoms in total. The topological polar surface area (TPSA) is 39.5 Å². The molecule has 0 unspecified atom stereocenters. The van der Waals surface area contributed by atoms with E-state index >= 15 is 0 Å². The Balaban J connectivity index is 1.71. The Kier molecular flexibility index (Phi) is 5.92. The summed E-state index contributed by atoms with van der Waals surface area (Å²) in [6.07, 6.45) is 3.24. The van der Waals surface area contributed by atoms with Crippen molar-refractivity contribution in [3.05, 3.63) is 66.1 Å². The number of morpholine rings is 1. The molecule has 0 amide bonds. The monoisotopic (exact) mass is 395 g/mol. The van der Waals surface area contributed by atoms with E-state index in [2.05, 4.69) is 11.8 Å². The number of rotatable bonds is 6. The fourth-order valence-corrected chi connectivity index (χ4v) is 3.69. The van der Waals surface area contributed by atoms with Gasteiger partial charge >= 0.3 is 0 Å². The van der Waals surface area contributed by atoms with Gasteiger partial charge in [0.2, 0.25) is 0 Å². The number of ether oxygens (including phenoxy) is 2. The van der Waals surface area contributed by atoms with Crippen LogP contribution >= 0.6 is 0 Å². The van der Waals surface area contributed by atoms with Crippen LogP contribution in [0.1, 0.15) is 18.9 Å².